The molecule has 0 saturated heterocycles. The van der Waals surface area contributed by atoms with E-state index in [2.05, 4.69) is 20.2 Å². The first-order valence-electron chi connectivity index (χ1n) is 12.9. The zero-order chi connectivity index (χ0) is 29.9. The fourth-order valence-corrected chi connectivity index (χ4v) is 5.90. The number of hydrogen-bond donors (Lipinski definition) is 1. The van der Waals surface area contributed by atoms with Crippen molar-refractivity contribution < 1.29 is 27.7 Å². The van der Waals surface area contributed by atoms with E-state index in [4.69, 9.17) is 14.2 Å². The summed E-state index contributed by atoms with van der Waals surface area (Å²) in [6, 6.07) is 12.5. The van der Waals surface area contributed by atoms with Crippen molar-refractivity contribution in [2.75, 3.05) is 21.3 Å². The van der Waals surface area contributed by atoms with Crippen LogP contribution in [0.1, 0.15) is 49.7 Å². The van der Waals surface area contributed by atoms with E-state index in [1.165, 1.54) is 21.3 Å². The van der Waals surface area contributed by atoms with Crippen molar-refractivity contribution in [1.82, 2.24) is 24.7 Å². The predicted molar refractivity (Wildman–Crippen MR) is 154 cm³/mol. The zero-order valence-corrected chi connectivity index (χ0v) is 25.0. The molecule has 0 saturated carbocycles. The van der Waals surface area contributed by atoms with Gasteiger partial charge in [-0.2, -0.15) is 0 Å². The largest absolute Gasteiger partial charge is 0.494 e. The number of sulfone groups is 1. The first kappa shape index (κ1) is 30.1. The molecule has 2 aromatic heterocycles. The SMILES string of the molecule is COc1cccc(OC)c1-n1c(CS(=O)(=O)[C@@H](C)[C@H](OC)c2ncc(C)cn2)nnc1-c1cccc(C(C)(C)O)c1. The molecule has 2 atom stereocenters. The Morgan fingerprint density at radius 1 is 0.976 bits per heavy atom. The van der Waals surface area contributed by atoms with Crippen LogP contribution in [0.15, 0.2) is 54.9 Å². The Balaban J connectivity index is 1.87. The molecule has 4 aromatic rings. The Hall–Kier alpha value is -3.87. The van der Waals surface area contributed by atoms with Crippen LogP contribution in [0.3, 0.4) is 0 Å². The molecule has 0 aliphatic carbocycles. The van der Waals surface area contributed by atoms with Gasteiger partial charge in [-0.25, -0.2) is 18.4 Å². The van der Waals surface area contributed by atoms with Gasteiger partial charge in [0.15, 0.2) is 27.3 Å². The van der Waals surface area contributed by atoms with Gasteiger partial charge in [-0.1, -0.05) is 24.3 Å². The number of methoxy groups -OCH3 is 3. The highest BCUT2D eigenvalue weighted by Crippen LogP contribution is 2.38. The molecule has 12 heteroatoms. The van der Waals surface area contributed by atoms with E-state index in [0.717, 1.165) is 5.56 Å². The molecule has 0 spiro atoms. The molecule has 0 fully saturated rings. The highest BCUT2D eigenvalue weighted by molar-refractivity contribution is 7.91. The molecule has 0 unspecified atom stereocenters. The molecular weight excluding hydrogens is 546 g/mol. The summed E-state index contributed by atoms with van der Waals surface area (Å²) < 4.78 is 46.2. The average molecular weight is 582 g/mol. The number of hydrogen-bond acceptors (Lipinski definition) is 10. The number of rotatable bonds is 11. The van der Waals surface area contributed by atoms with Crippen molar-refractivity contribution >= 4 is 9.84 Å². The Bertz CT molecular complexity index is 1590. The third-order valence-electron chi connectivity index (χ3n) is 6.82. The molecule has 2 aromatic carbocycles. The molecular formula is C29H35N5O6S. The lowest BCUT2D eigenvalue weighted by Gasteiger charge is -2.22. The molecule has 0 radical (unpaired) electrons. The van der Waals surface area contributed by atoms with Gasteiger partial charge in [0.2, 0.25) is 0 Å². The number of ether oxygens (including phenoxy) is 3. The fraction of sp³-hybridized carbons (Fsp3) is 0.379. The van der Waals surface area contributed by atoms with Crippen LogP contribution in [0, 0.1) is 6.92 Å². The summed E-state index contributed by atoms with van der Waals surface area (Å²) in [7, 11) is 0.552. The number of nitrogens with zero attached hydrogens (tertiary/aromatic N) is 5. The number of aliphatic hydroxyl groups is 1. The molecule has 0 aliphatic rings. The second-order valence-corrected chi connectivity index (χ2v) is 12.6. The van der Waals surface area contributed by atoms with Crippen LogP contribution in [0.4, 0.5) is 0 Å². The lowest BCUT2D eigenvalue weighted by atomic mass is 9.96. The fourth-order valence-electron chi connectivity index (χ4n) is 4.48. The van der Waals surface area contributed by atoms with Crippen molar-refractivity contribution in [2.24, 2.45) is 0 Å². The van der Waals surface area contributed by atoms with Crippen LogP contribution >= 0.6 is 0 Å². The van der Waals surface area contributed by atoms with Gasteiger partial charge in [-0.15, -0.1) is 10.2 Å². The van der Waals surface area contributed by atoms with Gasteiger partial charge in [-0.3, -0.25) is 4.57 Å². The molecule has 218 valence electrons. The minimum atomic E-state index is -3.90. The second kappa shape index (κ2) is 11.9. The smallest absolute Gasteiger partial charge is 0.168 e. The van der Waals surface area contributed by atoms with E-state index in [-0.39, 0.29) is 11.6 Å². The van der Waals surface area contributed by atoms with Gasteiger partial charge in [0.25, 0.3) is 0 Å². The average Bonchev–Trinajstić information content (AvgIpc) is 3.35. The molecule has 0 amide bonds. The van der Waals surface area contributed by atoms with Gasteiger partial charge in [0.05, 0.1) is 25.1 Å². The summed E-state index contributed by atoms with van der Waals surface area (Å²) in [6.45, 7) is 6.78. The van der Waals surface area contributed by atoms with E-state index >= 15 is 0 Å². The van der Waals surface area contributed by atoms with Crippen molar-refractivity contribution in [2.45, 2.75) is 50.4 Å². The summed E-state index contributed by atoms with van der Waals surface area (Å²) in [4.78, 5) is 8.57. The Kier molecular flexibility index (Phi) is 8.76. The van der Waals surface area contributed by atoms with Crippen LogP contribution in [-0.4, -0.2) is 64.8 Å². The number of para-hydroxylation sites is 1. The summed E-state index contributed by atoms with van der Waals surface area (Å²) in [5.41, 5.74) is 1.44. The molecule has 0 aliphatic heterocycles. The molecule has 41 heavy (non-hydrogen) atoms. The lowest BCUT2D eigenvalue weighted by molar-refractivity contribution is 0.0786. The maximum Gasteiger partial charge on any atom is 0.168 e. The van der Waals surface area contributed by atoms with Crippen molar-refractivity contribution in [3.63, 3.8) is 0 Å². The predicted octanol–water partition coefficient (Wildman–Crippen LogP) is 3.97. The van der Waals surface area contributed by atoms with Crippen LogP contribution < -0.4 is 9.47 Å². The number of aryl methyl sites for hydroxylation is 1. The summed E-state index contributed by atoms with van der Waals surface area (Å²) in [5, 5.41) is 18.4. The van der Waals surface area contributed by atoms with E-state index in [1.807, 2.05) is 13.0 Å². The first-order valence-corrected chi connectivity index (χ1v) is 14.6. The minimum Gasteiger partial charge on any atom is -0.494 e. The molecule has 11 nitrogen and oxygen atoms in total. The summed E-state index contributed by atoms with van der Waals surface area (Å²) in [6.07, 6.45) is 2.33. The number of benzene rings is 2. The zero-order valence-electron chi connectivity index (χ0n) is 24.2. The van der Waals surface area contributed by atoms with E-state index in [1.54, 1.807) is 74.1 Å². The third kappa shape index (κ3) is 6.24. The molecule has 4 rings (SSSR count). The van der Waals surface area contributed by atoms with E-state index in [9.17, 15) is 13.5 Å². The van der Waals surface area contributed by atoms with Gasteiger partial charge in [0.1, 0.15) is 29.0 Å². The summed E-state index contributed by atoms with van der Waals surface area (Å²) in [5.74, 6) is 1.15. The third-order valence-corrected chi connectivity index (χ3v) is 8.86. The maximum atomic E-state index is 13.9. The van der Waals surface area contributed by atoms with Gasteiger partial charge < -0.3 is 19.3 Å². The normalized spacial score (nSPS) is 13.6. The molecule has 1 N–H and O–H groups in total. The minimum absolute atomic E-state index is 0.142. The van der Waals surface area contributed by atoms with Gasteiger partial charge in [0, 0.05) is 25.1 Å². The monoisotopic (exact) mass is 581 g/mol. The molecule has 2 heterocycles. The standard InChI is InChI=1S/C29H35N5O6S/c1-18-15-30-27(31-16-18)26(40-7)19(2)41(36,37)17-24-32-33-28(20-10-8-11-21(14-20)29(3,4)35)34(24)25-22(38-5)12-9-13-23(25)39-6/h8-16,19,26,35H,17H2,1-7H3/t19-,26-/m0/s1. The first-order chi connectivity index (χ1) is 19.4. The number of aromatic nitrogens is 5. The van der Waals surface area contributed by atoms with Crippen LogP contribution in [0.25, 0.3) is 17.1 Å². The van der Waals surface area contributed by atoms with Crippen molar-refractivity contribution in [3.05, 3.63) is 77.6 Å². The highest BCUT2D eigenvalue weighted by atomic mass is 32.2. The quantitative estimate of drug-likeness (QED) is 0.277. The maximum absolute atomic E-state index is 13.9. The van der Waals surface area contributed by atoms with E-state index < -0.39 is 32.5 Å². The van der Waals surface area contributed by atoms with E-state index in [0.29, 0.717) is 34.1 Å². The van der Waals surface area contributed by atoms with Crippen LogP contribution in [0.2, 0.25) is 0 Å². The Labute approximate surface area is 240 Å². The topological polar surface area (TPSA) is 139 Å². The van der Waals surface area contributed by atoms with Crippen LogP contribution in [-0.2, 0) is 25.9 Å². The van der Waals surface area contributed by atoms with Crippen LogP contribution in [0.5, 0.6) is 11.5 Å². The van der Waals surface area contributed by atoms with Gasteiger partial charge >= 0.3 is 0 Å². The second-order valence-electron chi connectivity index (χ2n) is 10.2. The van der Waals surface area contributed by atoms with Crippen molar-refractivity contribution in [3.8, 4) is 28.6 Å². The molecule has 0 bridgehead atoms. The Morgan fingerprint density at radius 2 is 1.59 bits per heavy atom. The van der Waals surface area contributed by atoms with Gasteiger partial charge in [-0.05, 0) is 57.0 Å². The van der Waals surface area contributed by atoms with Crippen molar-refractivity contribution in [1.29, 1.82) is 0 Å². The lowest BCUT2D eigenvalue weighted by Crippen LogP contribution is -2.30. The highest BCUT2D eigenvalue weighted by Gasteiger charge is 2.35. The Morgan fingerprint density at radius 3 is 2.15 bits per heavy atom. The summed E-state index contributed by atoms with van der Waals surface area (Å²) >= 11 is 0.